The fourth-order valence-corrected chi connectivity index (χ4v) is 3.38. The number of hydrogen-bond donors (Lipinski definition) is 2. The van der Waals surface area contributed by atoms with Gasteiger partial charge in [0, 0.05) is 26.2 Å². The highest BCUT2D eigenvalue weighted by Gasteiger charge is 2.29. The zero-order chi connectivity index (χ0) is 16.9. The summed E-state index contributed by atoms with van der Waals surface area (Å²) in [4.78, 5) is 28.5. The summed E-state index contributed by atoms with van der Waals surface area (Å²) >= 11 is 6.05. The highest BCUT2D eigenvalue weighted by molar-refractivity contribution is 6.33. The van der Waals surface area contributed by atoms with E-state index < -0.39 is 0 Å². The summed E-state index contributed by atoms with van der Waals surface area (Å²) in [5, 5.41) is 6.61. The lowest BCUT2D eigenvalue weighted by Crippen LogP contribution is -2.54. The first-order valence-electron chi connectivity index (χ1n) is 8.42. The lowest BCUT2D eigenvalue weighted by Gasteiger charge is -2.35. The largest absolute Gasteiger partial charge is 0.339 e. The van der Waals surface area contributed by atoms with E-state index in [9.17, 15) is 9.59 Å². The van der Waals surface area contributed by atoms with Crippen molar-refractivity contribution in [3.05, 3.63) is 29.3 Å². The molecule has 2 aliphatic rings. The van der Waals surface area contributed by atoms with E-state index in [1.165, 1.54) is 0 Å². The van der Waals surface area contributed by atoms with Gasteiger partial charge in [-0.15, -0.1) is 0 Å². The van der Waals surface area contributed by atoms with Gasteiger partial charge in [0.2, 0.25) is 11.8 Å². The maximum Gasteiger partial charge on any atom is 0.239 e. The van der Waals surface area contributed by atoms with Crippen LogP contribution < -0.4 is 10.6 Å². The summed E-state index contributed by atoms with van der Waals surface area (Å²) in [7, 11) is 0. The summed E-state index contributed by atoms with van der Waals surface area (Å²) in [5.41, 5.74) is 0.630. The second kappa shape index (κ2) is 7.96. The Morgan fingerprint density at radius 1 is 1.21 bits per heavy atom. The number of carbonyl (C=O) groups is 2. The predicted octanol–water partition coefficient (Wildman–Crippen LogP) is 1.17. The van der Waals surface area contributed by atoms with Crippen LogP contribution in [-0.4, -0.2) is 66.9 Å². The van der Waals surface area contributed by atoms with Crippen molar-refractivity contribution in [3.8, 4) is 0 Å². The molecule has 1 atom stereocenters. The average molecular weight is 351 g/mol. The van der Waals surface area contributed by atoms with Crippen molar-refractivity contribution < 1.29 is 9.59 Å². The zero-order valence-corrected chi connectivity index (χ0v) is 14.4. The Balaban J connectivity index is 1.44. The number of hydrogen-bond acceptors (Lipinski definition) is 4. The molecule has 24 heavy (non-hydrogen) atoms. The van der Waals surface area contributed by atoms with Gasteiger partial charge in [0.05, 0.1) is 23.3 Å². The molecule has 0 saturated carbocycles. The number of rotatable bonds is 4. The van der Waals surface area contributed by atoms with Crippen molar-refractivity contribution in [1.82, 2.24) is 15.1 Å². The fraction of sp³-hybridized carbons (Fsp3) is 0.529. The number of carbonyl (C=O) groups excluding carboxylic acids is 2. The summed E-state index contributed by atoms with van der Waals surface area (Å²) < 4.78 is 0. The van der Waals surface area contributed by atoms with E-state index >= 15 is 0 Å². The van der Waals surface area contributed by atoms with Crippen LogP contribution in [0.25, 0.3) is 0 Å². The van der Waals surface area contributed by atoms with Gasteiger partial charge in [-0.1, -0.05) is 23.7 Å². The Kier molecular flexibility index (Phi) is 5.71. The second-order valence-electron chi connectivity index (χ2n) is 6.28. The molecule has 7 heteroatoms. The van der Waals surface area contributed by atoms with Gasteiger partial charge in [-0.2, -0.15) is 0 Å². The van der Waals surface area contributed by atoms with Crippen LogP contribution in [-0.2, 0) is 9.59 Å². The van der Waals surface area contributed by atoms with Gasteiger partial charge in [-0.05, 0) is 31.5 Å². The number of amides is 2. The Labute approximate surface area is 147 Å². The Morgan fingerprint density at radius 3 is 2.62 bits per heavy atom. The average Bonchev–Trinajstić information content (AvgIpc) is 3.11. The molecule has 1 aromatic rings. The summed E-state index contributed by atoms with van der Waals surface area (Å²) in [5.74, 6) is 0.119. The molecular weight excluding hydrogens is 328 g/mol. The van der Waals surface area contributed by atoms with Crippen LogP contribution in [0.5, 0.6) is 0 Å². The molecule has 3 rings (SSSR count). The molecular formula is C17H23ClN4O2. The third kappa shape index (κ3) is 4.26. The molecule has 6 nitrogen and oxygen atoms in total. The molecule has 1 unspecified atom stereocenters. The van der Waals surface area contributed by atoms with Crippen LogP contribution in [0.3, 0.4) is 0 Å². The lowest BCUT2D eigenvalue weighted by molar-refractivity contribution is -0.135. The summed E-state index contributed by atoms with van der Waals surface area (Å²) in [6.07, 6.45) is 2.00. The van der Waals surface area contributed by atoms with Crippen molar-refractivity contribution in [3.63, 3.8) is 0 Å². The Morgan fingerprint density at radius 2 is 1.96 bits per heavy atom. The van der Waals surface area contributed by atoms with Gasteiger partial charge >= 0.3 is 0 Å². The number of para-hydroxylation sites is 1. The summed E-state index contributed by atoms with van der Waals surface area (Å²) in [6.45, 7) is 4.03. The van der Waals surface area contributed by atoms with E-state index in [2.05, 4.69) is 15.5 Å². The Bertz CT molecular complexity index is 596. The van der Waals surface area contributed by atoms with E-state index in [0.29, 0.717) is 43.4 Å². The number of nitrogens with one attached hydrogen (secondary N) is 2. The molecule has 2 amide bonds. The number of benzene rings is 1. The van der Waals surface area contributed by atoms with Crippen LogP contribution in [0.1, 0.15) is 12.8 Å². The minimum Gasteiger partial charge on any atom is -0.339 e. The quantitative estimate of drug-likeness (QED) is 0.855. The van der Waals surface area contributed by atoms with Crippen LogP contribution >= 0.6 is 11.6 Å². The standard InChI is InChI=1S/C17H23ClN4O2/c18-13-4-1-2-5-14(13)20-16(23)12-21-8-10-22(11-9-21)17(24)15-6-3-7-19-15/h1-2,4-5,15,19H,3,6-12H2,(H,20,23). The van der Waals surface area contributed by atoms with E-state index in [4.69, 9.17) is 11.6 Å². The number of piperazine rings is 1. The third-order valence-corrected chi connectivity index (χ3v) is 4.89. The SMILES string of the molecule is O=C(CN1CCN(C(=O)C2CCCN2)CC1)Nc1ccccc1Cl. The van der Waals surface area contributed by atoms with Crippen molar-refractivity contribution >= 4 is 29.1 Å². The van der Waals surface area contributed by atoms with E-state index in [1.54, 1.807) is 12.1 Å². The first kappa shape index (κ1) is 17.2. The van der Waals surface area contributed by atoms with E-state index in [-0.39, 0.29) is 17.9 Å². The molecule has 0 aromatic heterocycles. The molecule has 2 aliphatic heterocycles. The van der Waals surface area contributed by atoms with Crippen molar-refractivity contribution in [1.29, 1.82) is 0 Å². The molecule has 2 N–H and O–H groups in total. The van der Waals surface area contributed by atoms with Crippen LogP contribution in [0.15, 0.2) is 24.3 Å². The fourth-order valence-electron chi connectivity index (χ4n) is 3.20. The molecule has 0 aliphatic carbocycles. The molecule has 2 heterocycles. The van der Waals surface area contributed by atoms with E-state index in [1.807, 2.05) is 17.0 Å². The summed E-state index contributed by atoms with van der Waals surface area (Å²) in [6, 6.07) is 7.18. The second-order valence-corrected chi connectivity index (χ2v) is 6.69. The van der Waals surface area contributed by atoms with Gasteiger partial charge < -0.3 is 15.5 Å². The van der Waals surface area contributed by atoms with Gasteiger partial charge in [0.15, 0.2) is 0 Å². The van der Waals surface area contributed by atoms with E-state index in [0.717, 1.165) is 19.4 Å². The van der Waals surface area contributed by atoms with Crippen molar-refractivity contribution in [2.75, 3.05) is 44.6 Å². The molecule has 130 valence electrons. The number of halogens is 1. The van der Waals surface area contributed by atoms with Gasteiger partial charge in [-0.3, -0.25) is 14.5 Å². The zero-order valence-electron chi connectivity index (χ0n) is 13.6. The molecule has 1 aromatic carbocycles. The smallest absolute Gasteiger partial charge is 0.239 e. The molecule has 0 spiro atoms. The number of anilines is 1. The minimum absolute atomic E-state index is 0.0138. The maximum atomic E-state index is 12.4. The number of nitrogens with zero attached hydrogens (tertiary/aromatic N) is 2. The van der Waals surface area contributed by atoms with Crippen molar-refractivity contribution in [2.45, 2.75) is 18.9 Å². The normalized spacial score (nSPS) is 21.7. The highest BCUT2D eigenvalue weighted by atomic mass is 35.5. The monoisotopic (exact) mass is 350 g/mol. The predicted molar refractivity (Wildman–Crippen MR) is 94.1 cm³/mol. The maximum absolute atomic E-state index is 12.4. The van der Waals surface area contributed by atoms with Gasteiger partial charge in [-0.25, -0.2) is 0 Å². The van der Waals surface area contributed by atoms with Gasteiger partial charge in [0.1, 0.15) is 0 Å². The molecule has 2 fully saturated rings. The highest BCUT2D eigenvalue weighted by Crippen LogP contribution is 2.20. The van der Waals surface area contributed by atoms with Crippen LogP contribution in [0.4, 0.5) is 5.69 Å². The topological polar surface area (TPSA) is 64.7 Å². The molecule has 0 radical (unpaired) electrons. The Hall–Kier alpha value is -1.63. The molecule has 0 bridgehead atoms. The van der Waals surface area contributed by atoms with Crippen LogP contribution in [0.2, 0.25) is 5.02 Å². The molecule has 2 saturated heterocycles. The van der Waals surface area contributed by atoms with Crippen molar-refractivity contribution in [2.24, 2.45) is 0 Å². The van der Waals surface area contributed by atoms with Crippen LogP contribution in [0, 0.1) is 0 Å². The first-order valence-corrected chi connectivity index (χ1v) is 8.80. The first-order chi connectivity index (χ1) is 11.6. The van der Waals surface area contributed by atoms with Gasteiger partial charge in [0.25, 0.3) is 0 Å². The lowest BCUT2D eigenvalue weighted by atomic mass is 10.2. The minimum atomic E-state index is -0.0830. The third-order valence-electron chi connectivity index (χ3n) is 4.56.